The number of primary amides is 1. The highest BCUT2D eigenvalue weighted by atomic mass is 35.5. The van der Waals surface area contributed by atoms with Crippen LogP contribution in [0.4, 0.5) is 0 Å². The van der Waals surface area contributed by atoms with Crippen molar-refractivity contribution in [1.29, 1.82) is 0 Å². The molecule has 92 valence electrons. The van der Waals surface area contributed by atoms with Gasteiger partial charge in [-0.15, -0.1) is 0 Å². The summed E-state index contributed by atoms with van der Waals surface area (Å²) >= 11 is 5.83. The molecule has 1 amide bonds. The van der Waals surface area contributed by atoms with E-state index in [0.29, 0.717) is 0 Å². The summed E-state index contributed by atoms with van der Waals surface area (Å²) in [5, 5.41) is 9.12. The molecule has 1 aromatic rings. The number of halogens is 1. The Morgan fingerprint density at radius 1 is 1.53 bits per heavy atom. The molecule has 0 aliphatic rings. The van der Waals surface area contributed by atoms with Crippen LogP contribution in [-0.4, -0.2) is 23.6 Å². The molecule has 6 heteroatoms. The van der Waals surface area contributed by atoms with Crippen molar-refractivity contribution in [3.8, 4) is 5.75 Å². The third-order valence-electron chi connectivity index (χ3n) is 2.16. The molecule has 1 rings (SSSR count). The van der Waals surface area contributed by atoms with E-state index >= 15 is 0 Å². The number of nitrogens with two attached hydrogens (primary N) is 1. The highest BCUT2D eigenvalue weighted by Crippen LogP contribution is 2.29. The van der Waals surface area contributed by atoms with Crippen molar-refractivity contribution in [1.82, 2.24) is 0 Å². The summed E-state index contributed by atoms with van der Waals surface area (Å²) in [6.07, 6.45) is 0. The van der Waals surface area contributed by atoms with Crippen LogP contribution in [0.15, 0.2) is 18.2 Å². The number of amides is 1. The molecule has 0 saturated heterocycles. The second-order valence-electron chi connectivity index (χ2n) is 3.54. The fourth-order valence-corrected chi connectivity index (χ4v) is 1.34. The monoisotopic (exact) mass is 257 g/mol. The van der Waals surface area contributed by atoms with Crippen LogP contribution in [0.2, 0.25) is 5.02 Å². The van der Waals surface area contributed by atoms with Crippen LogP contribution >= 0.6 is 11.6 Å². The van der Waals surface area contributed by atoms with Gasteiger partial charge in [-0.25, -0.2) is 4.79 Å². The number of rotatable bonds is 5. The SMILES string of the molecule is CC(COc1c(Cl)cccc1C(=O)O)C(N)=O. The van der Waals surface area contributed by atoms with Gasteiger partial charge in [-0.3, -0.25) is 4.79 Å². The number of carbonyl (C=O) groups excluding carboxylic acids is 1. The average Bonchev–Trinajstić information content (AvgIpc) is 2.26. The summed E-state index contributed by atoms with van der Waals surface area (Å²) in [7, 11) is 0. The minimum Gasteiger partial charge on any atom is -0.490 e. The Morgan fingerprint density at radius 2 is 2.18 bits per heavy atom. The zero-order valence-electron chi connectivity index (χ0n) is 9.14. The van der Waals surface area contributed by atoms with Crippen LogP contribution in [0.3, 0.4) is 0 Å². The van der Waals surface area contributed by atoms with Crippen molar-refractivity contribution in [2.75, 3.05) is 6.61 Å². The molecule has 0 heterocycles. The van der Waals surface area contributed by atoms with Crippen LogP contribution in [0.1, 0.15) is 17.3 Å². The smallest absolute Gasteiger partial charge is 0.339 e. The maximum atomic E-state index is 10.9. The highest BCUT2D eigenvalue weighted by Gasteiger charge is 2.17. The van der Waals surface area contributed by atoms with Gasteiger partial charge in [-0.2, -0.15) is 0 Å². The lowest BCUT2D eigenvalue weighted by Gasteiger charge is -2.13. The summed E-state index contributed by atoms with van der Waals surface area (Å²) in [6, 6.07) is 4.40. The number of hydrogen-bond acceptors (Lipinski definition) is 3. The number of aromatic carboxylic acids is 1. The van der Waals surface area contributed by atoms with Gasteiger partial charge in [0.25, 0.3) is 0 Å². The Balaban J connectivity index is 2.90. The van der Waals surface area contributed by atoms with E-state index in [1.165, 1.54) is 18.2 Å². The van der Waals surface area contributed by atoms with E-state index in [2.05, 4.69) is 0 Å². The van der Waals surface area contributed by atoms with E-state index < -0.39 is 17.8 Å². The molecule has 0 aliphatic carbocycles. The van der Waals surface area contributed by atoms with Crippen molar-refractivity contribution in [2.24, 2.45) is 11.7 Å². The third-order valence-corrected chi connectivity index (χ3v) is 2.46. The molecule has 0 saturated carbocycles. The predicted octanol–water partition coefficient (Wildman–Crippen LogP) is 1.54. The quantitative estimate of drug-likeness (QED) is 0.837. The van der Waals surface area contributed by atoms with Crippen LogP contribution in [-0.2, 0) is 4.79 Å². The first-order valence-electron chi connectivity index (χ1n) is 4.87. The number of ether oxygens (including phenoxy) is 1. The molecule has 1 atom stereocenters. The van der Waals surface area contributed by atoms with Crippen LogP contribution in [0, 0.1) is 5.92 Å². The Hall–Kier alpha value is -1.75. The molecule has 0 spiro atoms. The van der Waals surface area contributed by atoms with Gasteiger partial charge in [0.15, 0.2) is 5.75 Å². The number of carboxylic acids is 1. The molecule has 1 unspecified atom stereocenters. The summed E-state index contributed by atoms with van der Waals surface area (Å²) < 4.78 is 5.24. The lowest BCUT2D eigenvalue weighted by atomic mass is 10.2. The minimum atomic E-state index is -1.14. The molecule has 0 aliphatic heterocycles. The molecule has 17 heavy (non-hydrogen) atoms. The Morgan fingerprint density at radius 3 is 2.71 bits per heavy atom. The largest absolute Gasteiger partial charge is 0.490 e. The van der Waals surface area contributed by atoms with Crippen molar-refractivity contribution in [3.05, 3.63) is 28.8 Å². The van der Waals surface area contributed by atoms with Gasteiger partial charge in [-0.05, 0) is 12.1 Å². The first-order valence-corrected chi connectivity index (χ1v) is 5.25. The summed E-state index contributed by atoms with van der Waals surface area (Å²) in [5.41, 5.74) is 5.02. The number of carbonyl (C=O) groups is 2. The maximum Gasteiger partial charge on any atom is 0.339 e. The van der Waals surface area contributed by atoms with Crippen LogP contribution in [0.25, 0.3) is 0 Å². The Kier molecular flexibility index (Phi) is 4.34. The van der Waals surface area contributed by atoms with Crippen LogP contribution < -0.4 is 10.5 Å². The highest BCUT2D eigenvalue weighted by molar-refractivity contribution is 6.32. The lowest BCUT2D eigenvalue weighted by molar-refractivity contribution is -0.122. The zero-order valence-corrected chi connectivity index (χ0v) is 9.90. The van der Waals surface area contributed by atoms with E-state index in [1.54, 1.807) is 6.92 Å². The zero-order chi connectivity index (χ0) is 13.0. The maximum absolute atomic E-state index is 10.9. The molecule has 0 bridgehead atoms. The number of carboxylic acid groups (broad SMARTS) is 1. The minimum absolute atomic E-state index is 0.0145. The van der Waals surface area contributed by atoms with E-state index in [9.17, 15) is 9.59 Å². The van der Waals surface area contributed by atoms with Gasteiger partial charge in [0.2, 0.25) is 5.91 Å². The molecule has 0 fully saturated rings. The summed E-state index contributed by atoms with van der Waals surface area (Å²) in [5.74, 6) is -2.13. The molecule has 0 radical (unpaired) electrons. The van der Waals surface area contributed by atoms with Crippen molar-refractivity contribution >= 4 is 23.5 Å². The van der Waals surface area contributed by atoms with E-state index in [1.807, 2.05) is 0 Å². The lowest BCUT2D eigenvalue weighted by Crippen LogP contribution is -2.26. The summed E-state index contributed by atoms with van der Waals surface area (Å²) in [4.78, 5) is 21.7. The predicted molar refractivity (Wildman–Crippen MR) is 62.3 cm³/mol. The number of para-hydroxylation sites is 1. The molecular weight excluding hydrogens is 246 g/mol. The van der Waals surface area contributed by atoms with E-state index in [-0.39, 0.29) is 22.9 Å². The van der Waals surface area contributed by atoms with Crippen LogP contribution in [0.5, 0.6) is 5.75 Å². The fourth-order valence-electron chi connectivity index (χ4n) is 1.11. The van der Waals surface area contributed by atoms with Crippen molar-refractivity contribution < 1.29 is 19.4 Å². The van der Waals surface area contributed by atoms with Gasteiger partial charge < -0.3 is 15.6 Å². The second-order valence-corrected chi connectivity index (χ2v) is 3.94. The number of hydrogen-bond donors (Lipinski definition) is 2. The Bertz CT molecular complexity index is 447. The van der Waals surface area contributed by atoms with Crippen molar-refractivity contribution in [3.63, 3.8) is 0 Å². The standard InChI is InChI=1S/C11H12ClNO4/c1-6(10(13)14)5-17-9-7(11(15)16)3-2-4-8(9)12/h2-4,6H,5H2,1H3,(H2,13,14)(H,15,16). The second kappa shape index (κ2) is 5.54. The van der Waals surface area contributed by atoms with Gasteiger partial charge in [-0.1, -0.05) is 24.6 Å². The Labute approximate surface area is 103 Å². The first kappa shape index (κ1) is 13.3. The average molecular weight is 258 g/mol. The molecule has 1 aromatic carbocycles. The van der Waals surface area contributed by atoms with E-state index in [4.69, 9.17) is 27.2 Å². The third kappa shape index (κ3) is 3.35. The summed E-state index contributed by atoms with van der Waals surface area (Å²) in [6.45, 7) is 1.57. The molecular formula is C11H12ClNO4. The van der Waals surface area contributed by atoms with Gasteiger partial charge in [0.1, 0.15) is 5.56 Å². The number of benzene rings is 1. The topological polar surface area (TPSA) is 89.6 Å². The molecule has 3 N–H and O–H groups in total. The van der Waals surface area contributed by atoms with Gasteiger partial charge in [0, 0.05) is 0 Å². The first-order chi connectivity index (χ1) is 7.93. The van der Waals surface area contributed by atoms with E-state index in [0.717, 1.165) is 0 Å². The molecule has 5 nitrogen and oxygen atoms in total. The van der Waals surface area contributed by atoms with Gasteiger partial charge >= 0.3 is 5.97 Å². The normalized spacial score (nSPS) is 11.9. The van der Waals surface area contributed by atoms with Crippen molar-refractivity contribution in [2.45, 2.75) is 6.92 Å². The molecule has 0 aromatic heterocycles. The van der Waals surface area contributed by atoms with Gasteiger partial charge in [0.05, 0.1) is 17.5 Å². The fraction of sp³-hybridized carbons (Fsp3) is 0.273.